The predicted molar refractivity (Wildman–Crippen MR) is 168 cm³/mol. The van der Waals surface area contributed by atoms with Gasteiger partial charge in [0.25, 0.3) is 0 Å². The van der Waals surface area contributed by atoms with Crippen LogP contribution in [0.5, 0.6) is 23.0 Å². The summed E-state index contributed by atoms with van der Waals surface area (Å²) in [7, 11) is 0. The van der Waals surface area contributed by atoms with E-state index < -0.39 is 6.48 Å². The van der Waals surface area contributed by atoms with Crippen molar-refractivity contribution >= 4 is 0 Å². The molecule has 0 bridgehead atoms. The molecule has 3 unspecified atom stereocenters. The summed E-state index contributed by atoms with van der Waals surface area (Å²) in [5, 5.41) is 10.6. The third kappa shape index (κ3) is 7.36. The predicted octanol–water partition coefficient (Wildman–Crippen LogP) is 6.63. The standard InChI is InChI=1S/C37H40O7/c1-36(2,25-8-14-29(15-9-25)39-21-33-23-41-33)26-12-18-31(19-13-26)43-35(38)44-32-7-5-6-28(20-32)37(3,4)27-10-16-30(17-11-27)40-22-34-24-42-34/h5-20,33-35,38H,21-24H2,1-4H3. The molecule has 6 rings (SSSR count). The molecule has 7 nitrogen and oxygen atoms in total. The van der Waals surface area contributed by atoms with Gasteiger partial charge in [-0.2, -0.15) is 0 Å². The van der Waals surface area contributed by atoms with E-state index in [1.165, 1.54) is 5.56 Å². The maximum Gasteiger partial charge on any atom is 0.358 e. The van der Waals surface area contributed by atoms with E-state index in [-0.39, 0.29) is 23.0 Å². The van der Waals surface area contributed by atoms with Crippen molar-refractivity contribution in [2.24, 2.45) is 0 Å². The molecule has 0 saturated carbocycles. The third-order valence-corrected chi connectivity index (χ3v) is 8.43. The number of rotatable bonds is 14. The largest absolute Gasteiger partial charge is 0.491 e. The molecule has 2 aliphatic heterocycles. The van der Waals surface area contributed by atoms with Crippen molar-refractivity contribution in [3.05, 3.63) is 119 Å². The quantitative estimate of drug-likeness (QED) is 0.129. The van der Waals surface area contributed by atoms with Crippen molar-refractivity contribution in [3.63, 3.8) is 0 Å². The van der Waals surface area contributed by atoms with Gasteiger partial charge in [0.15, 0.2) is 0 Å². The van der Waals surface area contributed by atoms with Gasteiger partial charge in [0.2, 0.25) is 0 Å². The molecule has 4 aromatic rings. The number of hydrogen-bond donors (Lipinski definition) is 1. The Kier molecular flexibility index (Phi) is 8.54. The zero-order valence-corrected chi connectivity index (χ0v) is 25.7. The van der Waals surface area contributed by atoms with Crippen molar-refractivity contribution in [1.82, 2.24) is 0 Å². The minimum absolute atomic E-state index is 0.224. The van der Waals surface area contributed by atoms with Crippen molar-refractivity contribution in [2.75, 3.05) is 26.4 Å². The van der Waals surface area contributed by atoms with E-state index in [2.05, 4.69) is 58.0 Å². The molecule has 7 heteroatoms. The SMILES string of the molecule is CC(C)(c1ccc(OCC2CO2)cc1)c1ccc(OC(O)Oc2cccc(C(C)(C)c3ccc(OCC4CO4)cc3)c2)cc1. The molecule has 2 fully saturated rings. The first-order valence-corrected chi connectivity index (χ1v) is 15.1. The number of aliphatic hydroxyl groups excluding tert-OH is 1. The first-order valence-electron chi connectivity index (χ1n) is 15.1. The van der Waals surface area contributed by atoms with E-state index in [1.54, 1.807) is 0 Å². The minimum Gasteiger partial charge on any atom is -0.491 e. The van der Waals surface area contributed by atoms with Gasteiger partial charge in [-0.1, -0.05) is 76.2 Å². The fourth-order valence-corrected chi connectivity index (χ4v) is 5.14. The number of ether oxygens (including phenoxy) is 6. The van der Waals surface area contributed by atoms with E-state index >= 15 is 0 Å². The lowest BCUT2D eigenvalue weighted by molar-refractivity contribution is -0.160. The summed E-state index contributed by atoms with van der Waals surface area (Å²) in [5.74, 6) is 2.69. The first-order chi connectivity index (χ1) is 21.2. The van der Waals surface area contributed by atoms with Crippen LogP contribution in [0.1, 0.15) is 49.9 Å². The van der Waals surface area contributed by atoms with Crippen LogP contribution in [0.2, 0.25) is 0 Å². The third-order valence-electron chi connectivity index (χ3n) is 8.43. The highest BCUT2D eigenvalue weighted by molar-refractivity contribution is 5.44. The maximum absolute atomic E-state index is 10.6. The molecule has 4 aromatic carbocycles. The van der Waals surface area contributed by atoms with E-state index in [9.17, 15) is 5.11 Å². The Labute approximate surface area is 259 Å². The number of hydrogen-bond acceptors (Lipinski definition) is 7. The average Bonchev–Trinajstić information content (AvgIpc) is 3.96. The van der Waals surface area contributed by atoms with Crippen molar-refractivity contribution < 1.29 is 33.5 Å². The van der Waals surface area contributed by atoms with Crippen LogP contribution in [0.4, 0.5) is 0 Å². The monoisotopic (exact) mass is 596 g/mol. The van der Waals surface area contributed by atoms with Crippen LogP contribution < -0.4 is 18.9 Å². The maximum atomic E-state index is 10.6. The Bertz CT molecular complexity index is 1520. The second-order valence-corrected chi connectivity index (χ2v) is 12.4. The molecule has 230 valence electrons. The molecule has 2 saturated heterocycles. The highest BCUT2D eigenvalue weighted by Crippen LogP contribution is 2.36. The van der Waals surface area contributed by atoms with Gasteiger partial charge in [0.05, 0.1) is 13.2 Å². The van der Waals surface area contributed by atoms with Gasteiger partial charge < -0.3 is 33.5 Å². The van der Waals surface area contributed by atoms with Gasteiger partial charge in [0.1, 0.15) is 48.4 Å². The Balaban J connectivity index is 1.05. The lowest BCUT2D eigenvalue weighted by Crippen LogP contribution is -2.24. The Morgan fingerprint density at radius 3 is 1.45 bits per heavy atom. The summed E-state index contributed by atoms with van der Waals surface area (Å²) in [6.45, 7) is 9.92. The molecular weight excluding hydrogens is 556 g/mol. The molecule has 0 spiro atoms. The smallest absolute Gasteiger partial charge is 0.358 e. The minimum atomic E-state index is -1.47. The molecule has 0 aliphatic carbocycles. The van der Waals surface area contributed by atoms with Gasteiger partial charge in [-0.25, -0.2) is 0 Å². The fraction of sp³-hybridized carbons (Fsp3) is 0.351. The fourth-order valence-electron chi connectivity index (χ4n) is 5.14. The molecule has 44 heavy (non-hydrogen) atoms. The number of benzene rings is 4. The van der Waals surface area contributed by atoms with Crippen LogP contribution in [0, 0.1) is 0 Å². The zero-order chi connectivity index (χ0) is 30.7. The van der Waals surface area contributed by atoms with Gasteiger partial charge in [0, 0.05) is 10.8 Å². The molecule has 3 atom stereocenters. The van der Waals surface area contributed by atoms with Crippen LogP contribution in [0.15, 0.2) is 97.1 Å². The van der Waals surface area contributed by atoms with E-state index in [4.69, 9.17) is 28.4 Å². The molecular formula is C37H40O7. The lowest BCUT2D eigenvalue weighted by atomic mass is 9.78. The van der Waals surface area contributed by atoms with Crippen molar-refractivity contribution in [3.8, 4) is 23.0 Å². The summed E-state index contributed by atoms with van der Waals surface area (Å²) < 4.78 is 33.5. The summed E-state index contributed by atoms with van der Waals surface area (Å²) in [4.78, 5) is 0. The number of epoxide rings is 2. The normalized spacial score (nSPS) is 18.3. The summed E-state index contributed by atoms with van der Waals surface area (Å²) in [5.41, 5.74) is 3.93. The molecule has 0 aromatic heterocycles. The Morgan fingerprint density at radius 2 is 1.00 bits per heavy atom. The zero-order valence-electron chi connectivity index (χ0n) is 25.7. The topological polar surface area (TPSA) is 82.2 Å². The van der Waals surface area contributed by atoms with Gasteiger partial charge in [-0.15, -0.1) is 0 Å². The van der Waals surface area contributed by atoms with E-state index in [1.807, 2.05) is 66.7 Å². The lowest BCUT2D eigenvalue weighted by Gasteiger charge is -2.27. The highest BCUT2D eigenvalue weighted by Gasteiger charge is 2.27. The van der Waals surface area contributed by atoms with Crippen LogP contribution in [-0.2, 0) is 20.3 Å². The van der Waals surface area contributed by atoms with Crippen LogP contribution in [0.3, 0.4) is 0 Å². The second-order valence-electron chi connectivity index (χ2n) is 12.4. The van der Waals surface area contributed by atoms with Crippen LogP contribution in [-0.4, -0.2) is 50.2 Å². The average molecular weight is 597 g/mol. The van der Waals surface area contributed by atoms with Crippen molar-refractivity contribution in [1.29, 1.82) is 0 Å². The Morgan fingerprint density at radius 1 is 0.591 bits per heavy atom. The first kappa shape index (κ1) is 30.0. The van der Waals surface area contributed by atoms with Crippen LogP contribution in [0.25, 0.3) is 0 Å². The molecule has 1 N–H and O–H groups in total. The summed E-state index contributed by atoms with van der Waals surface area (Å²) in [6, 6.07) is 31.8. The summed E-state index contributed by atoms with van der Waals surface area (Å²) >= 11 is 0. The highest BCUT2D eigenvalue weighted by atomic mass is 16.8. The van der Waals surface area contributed by atoms with Crippen LogP contribution >= 0.6 is 0 Å². The van der Waals surface area contributed by atoms with Gasteiger partial charge in [-0.05, 0) is 70.8 Å². The Hall–Kier alpha value is -4.04. The van der Waals surface area contributed by atoms with Gasteiger partial charge >= 0.3 is 6.48 Å². The van der Waals surface area contributed by atoms with E-state index in [0.29, 0.717) is 24.7 Å². The van der Waals surface area contributed by atoms with Gasteiger partial charge in [-0.3, -0.25) is 0 Å². The number of aliphatic hydroxyl groups is 1. The summed E-state index contributed by atoms with van der Waals surface area (Å²) in [6.07, 6.45) is 0.456. The molecule has 0 amide bonds. The molecule has 2 aliphatic rings. The van der Waals surface area contributed by atoms with E-state index in [0.717, 1.165) is 41.4 Å². The molecule has 2 heterocycles. The molecule has 0 radical (unpaired) electrons. The second kappa shape index (κ2) is 12.5. The van der Waals surface area contributed by atoms with Crippen molar-refractivity contribution in [2.45, 2.75) is 57.2 Å².